The van der Waals surface area contributed by atoms with E-state index in [2.05, 4.69) is 5.32 Å². The smallest absolute Gasteiger partial charge is 0.326 e. The predicted octanol–water partition coefficient (Wildman–Crippen LogP) is 2.16. The number of benzene rings is 1. The lowest BCUT2D eigenvalue weighted by Gasteiger charge is -2.28. The van der Waals surface area contributed by atoms with Crippen molar-refractivity contribution in [2.75, 3.05) is 13.1 Å². The molecular formula is C19H25N3O3. The quantitative estimate of drug-likeness (QED) is 0.852. The molecule has 1 aromatic rings. The van der Waals surface area contributed by atoms with Crippen LogP contribution in [0.15, 0.2) is 24.3 Å². The van der Waals surface area contributed by atoms with E-state index in [-0.39, 0.29) is 11.8 Å². The molecule has 2 aliphatic heterocycles. The minimum absolute atomic E-state index is 0.156. The van der Waals surface area contributed by atoms with E-state index in [4.69, 9.17) is 0 Å². The van der Waals surface area contributed by atoms with Gasteiger partial charge in [-0.2, -0.15) is 0 Å². The molecule has 0 aliphatic carbocycles. The summed E-state index contributed by atoms with van der Waals surface area (Å²) < 4.78 is 0. The van der Waals surface area contributed by atoms with E-state index in [1.54, 1.807) is 11.8 Å². The van der Waals surface area contributed by atoms with Gasteiger partial charge >= 0.3 is 6.03 Å². The van der Waals surface area contributed by atoms with E-state index >= 15 is 0 Å². The molecule has 2 atom stereocenters. The van der Waals surface area contributed by atoms with Gasteiger partial charge in [-0.1, -0.05) is 36.8 Å². The molecule has 2 saturated heterocycles. The third-order valence-corrected chi connectivity index (χ3v) is 5.36. The zero-order chi connectivity index (χ0) is 18.2. The Morgan fingerprint density at radius 1 is 1.20 bits per heavy atom. The van der Waals surface area contributed by atoms with Crippen molar-refractivity contribution in [1.29, 1.82) is 0 Å². The Balaban J connectivity index is 1.90. The summed E-state index contributed by atoms with van der Waals surface area (Å²) in [4.78, 5) is 41.3. The lowest BCUT2D eigenvalue weighted by molar-refractivity contribution is -0.142. The number of rotatable bonds is 4. The molecule has 6 nitrogen and oxygen atoms in total. The van der Waals surface area contributed by atoms with Crippen molar-refractivity contribution < 1.29 is 14.4 Å². The van der Waals surface area contributed by atoms with Crippen LogP contribution >= 0.6 is 0 Å². The van der Waals surface area contributed by atoms with Gasteiger partial charge in [-0.25, -0.2) is 9.69 Å². The molecule has 0 aromatic heterocycles. The highest BCUT2D eigenvalue weighted by Gasteiger charge is 2.54. The van der Waals surface area contributed by atoms with Crippen LogP contribution in [0.2, 0.25) is 0 Å². The Bertz CT molecular complexity index is 694. The van der Waals surface area contributed by atoms with E-state index in [9.17, 15) is 14.4 Å². The summed E-state index contributed by atoms with van der Waals surface area (Å²) in [6, 6.07) is 6.30. The van der Waals surface area contributed by atoms with E-state index in [0.717, 1.165) is 28.9 Å². The first-order valence-corrected chi connectivity index (χ1v) is 8.92. The van der Waals surface area contributed by atoms with E-state index in [1.807, 2.05) is 38.1 Å². The van der Waals surface area contributed by atoms with Gasteiger partial charge in [0.05, 0.1) is 0 Å². The molecule has 134 valence electrons. The van der Waals surface area contributed by atoms with Gasteiger partial charge < -0.3 is 10.2 Å². The number of nitrogens with one attached hydrogen (secondary N) is 1. The molecule has 4 amide bonds. The van der Waals surface area contributed by atoms with Crippen LogP contribution in [0.5, 0.6) is 0 Å². The van der Waals surface area contributed by atoms with E-state index in [1.165, 1.54) is 0 Å². The molecule has 2 unspecified atom stereocenters. The SMILES string of the molecule is CCC1(c2ccc(C)cc2)NC(=O)N(C(C)C(=O)N2CCCC2)C1=O. The third kappa shape index (κ3) is 2.79. The fourth-order valence-corrected chi connectivity index (χ4v) is 3.74. The van der Waals surface area contributed by atoms with Crippen LogP contribution in [-0.2, 0) is 15.1 Å². The highest BCUT2D eigenvalue weighted by Crippen LogP contribution is 2.34. The number of aryl methyl sites for hydroxylation is 1. The van der Waals surface area contributed by atoms with Gasteiger partial charge in [-0.05, 0) is 38.7 Å². The first-order valence-electron chi connectivity index (χ1n) is 8.92. The Labute approximate surface area is 148 Å². The number of hydrogen-bond donors (Lipinski definition) is 1. The number of urea groups is 1. The second kappa shape index (κ2) is 6.50. The summed E-state index contributed by atoms with van der Waals surface area (Å²) in [5, 5.41) is 2.85. The molecule has 2 fully saturated rings. The minimum Gasteiger partial charge on any atom is -0.341 e. The zero-order valence-corrected chi connectivity index (χ0v) is 15.0. The number of imide groups is 1. The van der Waals surface area contributed by atoms with Crippen molar-refractivity contribution in [1.82, 2.24) is 15.1 Å². The van der Waals surface area contributed by atoms with Crippen molar-refractivity contribution in [3.8, 4) is 0 Å². The van der Waals surface area contributed by atoms with E-state index in [0.29, 0.717) is 19.5 Å². The van der Waals surface area contributed by atoms with Gasteiger partial charge in [0.2, 0.25) is 5.91 Å². The molecule has 25 heavy (non-hydrogen) atoms. The second-order valence-corrected chi connectivity index (χ2v) is 6.94. The summed E-state index contributed by atoms with van der Waals surface area (Å²) >= 11 is 0. The Morgan fingerprint density at radius 3 is 2.36 bits per heavy atom. The van der Waals surface area contributed by atoms with Crippen molar-refractivity contribution in [3.05, 3.63) is 35.4 Å². The fraction of sp³-hybridized carbons (Fsp3) is 0.526. The van der Waals surface area contributed by atoms with Crippen molar-refractivity contribution >= 4 is 17.8 Å². The number of carbonyl (C=O) groups excluding carboxylic acids is 3. The van der Waals surface area contributed by atoms with Gasteiger partial charge in [0, 0.05) is 13.1 Å². The summed E-state index contributed by atoms with van der Waals surface area (Å²) in [5.41, 5.74) is 0.744. The molecule has 0 bridgehead atoms. The first kappa shape index (κ1) is 17.5. The number of amides is 4. The molecule has 3 rings (SSSR count). The predicted molar refractivity (Wildman–Crippen MR) is 93.8 cm³/mol. The molecule has 6 heteroatoms. The summed E-state index contributed by atoms with van der Waals surface area (Å²) in [7, 11) is 0. The van der Waals surface area contributed by atoms with Crippen molar-refractivity contribution in [2.24, 2.45) is 0 Å². The van der Waals surface area contributed by atoms with Gasteiger partial charge in [-0.3, -0.25) is 9.59 Å². The summed E-state index contributed by atoms with van der Waals surface area (Å²) in [5.74, 6) is -0.499. The van der Waals surface area contributed by atoms with Gasteiger partial charge in [0.25, 0.3) is 5.91 Å². The monoisotopic (exact) mass is 343 g/mol. The lowest BCUT2D eigenvalue weighted by Crippen LogP contribution is -2.50. The summed E-state index contributed by atoms with van der Waals surface area (Å²) in [6.45, 7) is 6.88. The molecule has 1 aromatic carbocycles. The largest absolute Gasteiger partial charge is 0.341 e. The third-order valence-electron chi connectivity index (χ3n) is 5.36. The van der Waals surface area contributed by atoms with Crippen LogP contribution < -0.4 is 5.32 Å². The number of carbonyl (C=O) groups is 3. The molecule has 1 N–H and O–H groups in total. The van der Waals surface area contributed by atoms with Gasteiger partial charge in [0.15, 0.2) is 0 Å². The fourth-order valence-electron chi connectivity index (χ4n) is 3.74. The average Bonchev–Trinajstić information content (AvgIpc) is 3.21. The molecule has 0 radical (unpaired) electrons. The molecule has 2 heterocycles. The minimum atomic E-state index is -1.09. The maximum absolute atomic E-state index is 13.2. The Morgan fingerprint density at radius 2 is 1.80 bits per heavy atom. The van der Waals surface area contributed by atoms with Gasteiger partial charge in [-0.15, -0.1) is 0 Å². The van der Waals surface area contributed by atoms with Crippen LogP contribution in [0.4, 0.5) is 4.79 Å². The maximum Gasteiger partial charge on any atom is 0.326 e. The maximum atomic E-state index is 13.2. The number of nitrogens with zero attached hydrogens (tertiary/aromatic N) is 2. The number of likely N-dealkylation sites (tertiary alicyclic amines) is 1. The zero-order valence-electron chi connectivity index (χ0n) is 15.0. The average molecular weight is 343 g/mol. The molecular weight excluding hydrogens is 318 g/mol. The highest BCUT2D eigenvalue weighted by atomic mass is 16.2. The van der Waals surface area contributed by atoms with Crippen LogP contribution in [-0.4, -0.2) is 46.8 Å². The first-order chi connectivity index (χ1) is 11.9. The molecule has 2 aliphatic rings. The second-order valence-electron chi connectivity index (χ2n) is 6.94. The Kier molecular flexibility index (Phi) is 4.54. The topological polar surface area (TPSA) is 69.7 Å². The van der Waals surface area contributed by atoms with Crippen LogP contribution in [0, 0.1) is 6.92 Å². The van der Waals surface area contributed by atoms with E-state index < -0.39 is 17.6 Å². The van der Waals surface area contributed by atoms with Crippen molar-refractivity contribution in [3.63, 3.8) is 0 Å². The molecule has 0 spiro atoms. The normalized spacial score (nSPS) is 24.6. The molecule has 0 saturated carbocycles. The van der Waals surface area contributed by atoms with Crippen LogP contribution in [0.3, 0.4) is 0 Å². The van der Waals surface area contributed by atoms with Crippen LogP contribution in [0.1, 0.15) is 44.2 Å². The number of hydrogen-bond acceptors (Lipinski definition) is 3. The summed E-state index contributed by atoms with van der Waals surface area (Å²) in [6.07, 6.45) is 2.38. The lowest BCUT2D eigenvalue weighted by atomic mass is 9.86. The van der Waals surface area contributed by atoms with Gasteiger partial charge in [0.1, 0.15) is 11.6 Å². The highest BCUT2D eigenvalue weighted by molar-refractivity contribution is 6.10. The van der Waals surface area contributed by atoms with Crippen LogP contribution in [0.25, 0.3) is 0 Å². The standard InChI is InChI=1S/C19H25N3O3/c1-4-19(15-9-7-13(2)8-10-15)17(24)22(18(25)20-19)14(3)16(23)21-11-5-6-12-21/h7-10,14H,4-6,11-12H2,1-3H3,(H,20,25). The Hall–Kier alpha value is -2.37. The van der Waals surface area contributed by atoms with Crippen molar-refractivity contribution in [2.45, 2.75) is 51.6 Å².